The number of ether oxygens (including phenoxy) is 1. The SMILES string of the molecule is N#Cc1ccc(CSC2=NC(=Cc3ccco3)C(=O)N2c2ccc(OC(F)F)cc2)cc1. The normalized spacial score (nSPS) is 14.7. The van der Waals surface area contributed by atoms with Gasteiger partial charge in [0, 0.05) is 11.8 Å². The average molecular weight is 451 g/mol. The molecular weight excluding hydrogens is 436 g/mol. The molecule has 0 atom stereocenters. The van der Waals surface area contributed by atoms with E-state index < -0.39 is 6.61 Å². The molecule has 0 bridgehead atoms. The summed E-state index contributed by atoms with van der Waals surface area (Å²) in [6, 6.07) is 18.4. The van der Waals surface area contributed by atoms with Gasteiger partial charge in [0.05, 0.1) is 23.6 Å². The summed E-state index contributed by atoms with van der Waals surface area (Å²) in [4.78, 5) is 19.0. The number of halogens is 2. The van der Waals surface area contributed by atoms with E-state index in [1.165, 1.54) is 47.2 Å². The zero-order chi connectivity index (χ0) is 22.5. The van der Waals surface area contributed by atoms with Gasteiger partial charge in [-0.25, -0.2) is 4.99 Å². The van der Waals surface area contributed by atoms with Crippen LogP contribution >= 0.6 is 11.8 Å². The number of hydrogen-bond donors (Lipinski definition) is 0. The highest BCUT2D eigenvalue weighted by Crippen LogP contribution is 2.32. The van der Waals surface area contributed by atoms with Crippen LogP contribution < -0.4 is 9.64 Å². The smallest absolute Gasteiger partial charge is 0.387 e. The van der Waals surface area contributed by atoms with Crippen molar-refractivity contribution in [1.29, 1.82) is 5.26 Å². The van der Waals surface area contributed by atoms with Crippen LogP contribution in [0.5, 0.6) is 5.75 Å². The molecule has 0 saturated heterocycles. The maximum absolute atomic E-state index is 13.1. The number of aliphatic imine (C=N–C) groups is 1. The zero-order valence-corrected chi connectivity index (χ0v) is 17.3. The van der Waals surface area contributed by atoms with Crippen molar-refractivity contribution in [3.8, 4) is 11.8 Å². The van der Waals surface area contributed by atoms with Crippen LogP contribution in [0.25, 0.3) is 6.08 Å². The number of amides is 1. The second-order valence-electron chi connectivity index (χ2n) is 6.55. The number of anilines is 1. The number of furan rings is 1. The Bertz CT molecular complexity index is 1200. The summed E-state index contributed by atoms with van der Waals surface area (Å²) in [6.45, 7) is -2.93. The predicted molar refractivity (Wildman–Crippen MR) is 117 cm³/mol. The van der Waals surface area contributed by atoms with E-state index in [0.717, 1.165) is 5.56 Å². The molecule has 1 aliphatic rings. The predicted octanol–water partition coefficient (Wildman–Crippen LogP) is 5.43. The summed E-state index contributed by atoms with van der Waals surface area (Å²) in [5, 5.41) is 9.37. The lowest BCUT2D eigenvalue weighted by Crippen LogP contribution is -2.30. The lowest BCUT2D eigenvalue weighted by atomic mass is 10.2. The first-order valence-electron chi connectivity index (χ1n) is 9.38. The van der Waals surface area contributed by atoms with Crippen LogP contribution in [0.1, 0.15) is 16.9 Å². The zero-order valence-electron chi connectivity index (χ0n) is 16.4. The first kappa shape index (κ1) is 21.3. The number of carbonyl (C=O) groups excluding carboxylic acids is 1. The Hall–Kier alpha value is -3.90. The van der Waals surface area contributed by atoms with Gasteiger partial charge in [0.1, 0.15) is 17.2 Å². The first-order chi connectivity index (χ1) is 15.5. The molecule has 0 radical (unpaired) electrons. The van der Waals surface area contributed by atoms with E-state index in [1.54, 1.807) is 30.3 Å². The van der Waals surface area contributed by atoms with E-state index in [0.29, 0.717) is 27.9 Å². The Balaban J connectivity index is 1.60. The van der Waals surface area contributed by atoms with Crippen LogP contribution in [0.3, 0.4) is 0 Å². The number of rotatable bonds is 6. The number of carbonyl (C=O) groups is 1. The Morgan fingerprint density at radius 1 is 1.16 bits per heavy atom. The molecule has 4 rings (SSSR count). The minimum atomic E-state index is -2.93. The summed E-state index contributed by atoms with van der Waals surface area (Å²) >= 11 is 1.34. The summed E-state index contributed by atoms with van der Waals surface area (Å²) in [7, 11) is 0. The summed E-state index contributed by atoms with van der Waals surface area (Å²) in [5.41, 5.74) is 2.16. The van der Waals surface area contributed by atoms with Crippen molar-refractivity contribution in [2.24, 2.45) is 4.99 Å². The van der Waals surface area contributed by atoms with Gasteiger partial charge in [0.25, 0.3) is 5.91 Å². The fourth-order valence-corrected chi connectivity index (χ4v) is 3.90. The van der Waals surface area contributed by atoms with Gasteiger partial charge in [-0.3, -0.25) is 9.69 Å². The fourth-order valence-electron chi connectivity index (χ4n) is 2.93. The second kappa shape index (κ2) is 9.49. The number of hydrogen-bond acceptors (Lipinski definition) is 6. The molecule has 1 aliphatic heterocycles. The monoisotopic (exact) mass is 451 g/mol. The molecule has 2 heterocycles. The number of benzene rings is 2. The molecule has 0 fully saturated rings. The number of alkyl halides is 2. The maximum atomic E-state index is 13.1. The van der Waals surface area contributed by atoms with Crippen molar-refractivity contribution >= 4 is 34.6 Å². The van der Waals surface area contributed by atoms with Crippen molar-refractivity contribution in [2.45, 2.75) is 12.4 Å². The number of thioether (sulfide) groups is 1. The number of nitrogens with zero attached hydrogens (tertiary/aromatic N) is 3. The summed E-state index contributed by atoms with van der Waals surface area (Å²) in [6.07, 6.45) is 3.04. The highest BCUT2D eigenvalue weighted by molar-refractivity contribution is 8.13. The fraction of sp³-hybridized carbons (Fsp3) is 0.0870. The van der Waals surface area contributed by atoms with E-state index in [2.05, 4.69) is 15.8 Å². The molecule has 3 aromatic rings. The molecule has 1 amide bonds. The van der Waals surface area contributed by atoms with Crippen molar-refractivity contribution in [1.82, 2.24) is 0 Å². The third-order valence-electron chi connectivity index (χ3n) is 4.42. The van der Waals surface area contributed by atoms with Crippen LogP contribution in [0, 0.1) is 11.3 Å². The quantitative estimate of drug-likeness (QED) is 0.467. The van der Waals surface area contributed by atoms with E-state index in [-0.39, 0.29) is 17.4 Å². The Kier molecular flexibility index (Phi) is 6.33. The Morgan fingerprint density at radius 2 is 1.91 bits per heavy atom. The van der Waals surface area contributed by atoms with Gasteiger partial charge in [0.2, 0.25) is 0 Å². The van der Waals surface area contributed by atoms with Gasteiger partial charge in [-0.1, -0.05) is 23.9 Å². The lowest BCUT2D eigenvalue weighted by molar-refractivity contribution is -0.113. The van der Waals surface area contributed by atoms with Crippen LogP contribution in [0.4, 0.5) is 14.5 Å². The Morgan fingerprint density at radius 3 is 2.53 bits per heavy atom. The van der Waals surface area contributed by atoms with Crippen molar-refractivity contribution in [3.05, 3.63) is 89.5 Å². The Labute approximate surface area is 186 Å². The molecule has 9 heteroatoms. The van der Waals surface area contributed by atoms with Crippen LogP contribution in [0.15, 0.2) is 82.0 Å². The molecule has 32 heavy (non-hydrogen) atoms. The van der Waals surface area contributed by atoms with Crippen LogP contribution in [-0.2, 0) is 10.5 Å². The van der Waals surface area contributed by atoms with E-state index in [1.807, 2.05) is 12.1 Å². The third-order valence-corrected chi connectivity index (χ3v) is 5.43. The molecule has 0 aliphatic carbocycles. The highest BCUT2D eigenvalue weighted by Gasteiger charge is 2.32. The molecule has 0 saturated carbocycles. The number of nitriles is 1. The highest BCUT2D eigenvalue weighted by atomic mass is 32.2. The first-order valence-corrected chi connectivity index (χ1v) is 10.4. The van der Waals surface area contributed by atoms with Crippen molar-refractivity contribution in [3.63, 3.8) is 0 Å². The largest absolute Gasteiger partial charge is 0.465 e. The van der Waals surface area contributed by atoms with Gasteiger partial charge in [0.15, 0.2) is 5.17 Å². The summed E-state index contributed by atoms with van der Waals surface area (Å²) < 4.78 is 34.6. The third kappa shape index (κ3) is 4.87. The van der Waals surface area contributed by atoms with Crippen molar-refractivity contribution in [2.75, 3.05) is 4.90 Å². The maximum Gasteiger partial charge on any atom is 0.387 e. The minimum absolute atomic E-state index is 0.00882. The van der Waals surface area contributed by atoms with E-state index >= 15 is 0 Å². The second-order valence-corrected chi connectivity index (χ2v) is 7.49. The molecule has 0 spiro atoms. The van der Waals surface area contributed by atoms with Gasteiger partial charge < -0.3 is 9.15 Å². The standard InChI is InChI=1S/C23H15F2N3O3S/c24-22(25)31-18-9-7-17(8-10-18)28-21(29)20(12-19-2-1-11-30-19)27-23(28)32-14-16-5-3-15(13-26)4-6-16/h1-12,22H,14H2. The average Bonchev–Trinajstić information content (AvgIpc) is 3.41. The van der Waals surface area contributed by atoms with E-state index in [9.17, 15) is 13.6 Å². The van der Waals surface area contributed by atoms with Gasteiger partial charge >= 0.3 is 6.61 Å². The van der Waals surface area contributed by atoms with E-state index in [4.69, 9.17) is 9.68 Å². The molecule has 0 unspecified atom stereocenters. The summed E-state index contributed by atoms with van der Waals surface area (Å²) in [5.74, 6) is 0.613. The minimum Gasteiger partial charge on any atom is -0.465 e. The van der Waals surface area contributed by atoms with Gasteiger partial charge in [-0.2, -0.15) is 14.0 Å². The molecule has 0 N–H and O–H groups in total. The molecule has 6 nitrogen and oxygen atoms in total. The van der Waals surface area contributed by atoms with Crippen molar-refractivity contribution < 1.29 is 22.7 Å². The number of amidine groups is 1. The molecule has 160 valence electrons. The molecule has 1 aromatic heterocycles. The lowest BCUT2D eigenvalue weighted by Gasteiger charge is -2.18. The molecule has 2 aromatic carbocycles. The van der Waals surface area contributed by atoms with Crippen LogP contribution in [-0.4, -0.2) is 17.7 Å². The molecular formula is C23H15F2N3O3S. The van der Waals surface area contributed by atoms with Gasteiger partial charge in [-0.05, 0) is 54.1 Å². The topological polar surface area (TPSA) is 78.8 Å². The van der Waals surface area contributed by atoms with Crippen LogP contribution in [0.2, 0.25) is 0 Å². The van der Waals surface area contributed by atoms with Gasteiger partial charge in [-0.15, -0.1) is 0 Å².